The Labute approximate surface area is 334 Å². The highest BCUT2D eigenvalue weighted by Gasteiger charge is 2.25. The van der Waals surface area contributed by atoms with E-state index in [-0.39, 0.29) is 24.9 Å². The number of hydrogen-bond acceptors (Lipinski definition) is 4. The fourth-order valence-electron chi connectivity index (χ4n) is 6.13. The first kappa shape index (κ1) is 38.5. The summed E-state index contributed by atoms with van der Waals surface area (Å²) in [5, 5.41) is 0. The summed E-state index contributed by atoms with van der Waals surface area (Å²) in [6, 6.07) is 51.1. The second kappa shape index (κ2) is 19.8. The Morgan fingerprint density at radius 1 is 0.444 bits per heavy atom. The first-order valence-electron chi connectivity index (χ1n) is 18.0. The van der Waals surface area contributed by atoms with Gasteiger partial charge in [0.1, 0.15) is 11.5 Å². The molecule has 2 amide bonds. The normalized spacial score (nSPS) is 10.8. The van der Waals surface area contributed by atoms with Crippen LogP contribution >= 0.6 is 31.9 Å². The lowest BCUT2D eigenvalue weighted by molar-refractivity contribution is 0.0639. The zero-order valence-corrected chi connectivity index (χ0v) is 33.1. The molecule has 0 saturated heterocycles. The van der Waals surface area contributed by atoms with Crippen molar-refractivity contribution in [2.45, 2.75) is 25.9 Å². The Bertz CT molecular complexity index is 1950. The Morgan fingerprint density at radius 3 is 1.13 bits per heavy atom. The summed E-state index contributed by atoms with van der Waals surface area (Å²) in [5.41, 5.74) is 5.19. The van der Waals surface area contributed by atoms with E-state index in [1.807, 2.05) is 133 Å². The maximum Gasteiger partial charge on any atom is 0.258 e. The van der Waals surface area contributed by atoms with Crippen LogP contribution in [0.25, 0.3) is 0 Å². The molecule has 0 atom stereocenters. The molecule has 6 aromatic carbocycles. The molecule has 0 bridgehead atoms. The monoisotopic (exact) mass is 844 g/mol. The molecule has 0 aromatic heterocycles. The van der Waals surface area contributed by atoms with E-state index in [2.05, 4.69) is 56.1 Å². The van der Waals surface area contributed by atoms with Gasteiger partial charge in [-0.2, -0.15) is 0 Å². The molecule has 0 aliphatic rings. The topological polar surface area (TPSA) is 59.1 Å². The minimum Gasteiger partial charge on any atom is -0.492 e. The van der Waals surface area contributed by atoms with Gasteiger partial charge in [0.2, 0.25) is 0 Å². The number of carbonyl (C=O) groups is 2. The largest absolute Gasteiger partial charge is 0.492 e. The highest BCUT2D eigenvalue weighted by Crippen LogP contribution is 2.28. The van der Waals surface area contributed by atoms with E-state index in [0.717, 1.165) is 31.2 Å². The van der Waals surface area contributed by atoms with Crippen LogP contribution in [0.15, 0.2) is 167 Å². The van der Waals surface area contributed by atoms with Crippen LogP contribution in [0, 0.1) is 0 Å². The lowest BCUT2D eigenvalue weighted by atomic mass is 10.1. The minimum absolute atomic E-state index is 0.186. The van der Waals surface area contributed by atoms with Crippen LogP contribution in [0.2, 0.25) is 0 Å². The SMILES string of the molecule is O=C(c1cc(Br)ccc1OCCc1ccccc1)N(CCN(Cc1ccccc1)C(=O)c1cc(Br)ccc1OCCc1ccccc1)Cc1ccccc1. The van der Waals surface area contributed by atoms with Gasteiger partial charge in [0.05, 0.1) is 24.3 Å². The molecule has 0 heterocycles. The van der Waals surface area contributed by atoms with Gasteiger partial charge >= 0.3 is 0 Å². The van der Waals surface area contributed by atoms with Gasteiger partial charge in [0, 0.05) is 48.0 Å². The van der Waals surface area contributed by atoms with E-state index in [9.17, 15) is 9.59 Å². The van der Waals surface area contributed by atoms with Gasteiger partial charge in [-0.25, -0.2) is 0 Å². The summed E-state index contributed by atoms with van der Waals surface area (Å²) in [6.45, 7) is 2.11. The number of nitrogens with zero attached hydrogens (tertiary/aromatic N) is 2. The van der Waals surface area contributed by atoms with Gasteiger partial charge in [-0.15, -0.1) is 0 Å². The summed E-state index contributed by atoms with van der Waals surface area (Å²) in [4.78, 5) is 32.8. The number of carbonyl (C=O) groups excluding carboxylic acids is 2. The summed E-state index contributed by atoms with van der Waals surface area (Å²) >= 11 is 7.16. The second-order valence-corrected chi connectivity index (χ2v) is 14.7. The fourth-order valence-corrected chi connectivity index (χ4v) is 6.85. The first-order valence-corrected chi connectivity index (χ1v) is 19.6. The van der Waals surface area contributed by atoms with Crippen LogP contribution in [-0.2, 0) is 25.9 Å². The van der Waals surface area contributed by atoms with Crippen molar-refractivity contribution in [2.24, 2.45) is 0 Å². The number of ether oxygens (including phenoxy) is 2. The maximum atomic E-state index is 14.6. The van der Waals surface area contributed by atoms with Gasteiger partial charge in [-0.05, 0) is 58.7 Å². The number of hydrogen-bond donors (Lipinski definition) is 0. The Kier molecular flexibility index (Phi) is 14.1. The Balaban J connectivity index is 1.26. The third-order valence-corrected chi connectivity index (χ3v) is 9.96. The molecule has 8 heteroatoms. The molecule has 6 rings (SSSR count). The average molecular weight is 847 g/mol. The summed E-state index contributed by atoms with van der Waals surface area (Å²) in [7, 11) is 0. The van der Waals surface area contributed by atoms with E-state index in [0.29, 0.717) is 61.8 Å². The standard InChI is InChI=1S/C46H42Br2N2O4/c47-39-21-23-43(53-29-25-35-13-5-1-6-14-35)41(31-39)45(51)49(33-37-17-9-3-10-18-37)27-28-50(34-38-19-11-4-12-20-38)46(52)42-32-40(48)22-24-44(42)54-30-26-36-15-7-2-8-16-36/h1-24,31-32H,25-30,33-34H2. The molecule has 0 fully saturated rings. The molecular formula is C46H42Br2N2O4. The van der Waals surface area contributed by atoms with Crippen LogP contribution in [0.5, 0.6) is 11.5 Å². The highest BCUT2D eigenvalue weighted by molar-refractivity contribution is 9.10. The zero-order chi connectivity index (χ0) is 37.5. The summed E-state index contributed by atoms with van der Waals surface area (Å²) in [5.74, 6) is 0.658. The second-order valence-electron chi connectivity index (χ2n) is 12.9. The predicted molar refractivity (Wildman–Crippen MR) is 222 cm³/mol. The number of benzene rings is 6. The van der Waals surface area contributed by atoms with Crippen LogP contribution < -0.4 is 9.47 Å². The van der Waals surface area contributed by atoms with Crippen molar-refractivity contribution >= 4 is 43.7 Å². The molecule has 0 aliphatic heterocycles. The van der Waals surface area contributed by atoms with Crippen molar-refractivity contribution in [1.82, 2.24) is 9.80 Å². The molecular weight excluding hydrogens is 804 g/mol. The van der Waals surface area contributed by atoms with Crippen LogP contribution in [0.4, 0.5) is 0 Å². The van der Waals surface area contributed by atoms with Crippen molar-refractivity contribution < 1.29 is 19.1 Å². The lowest BCUT2D eigenvalue weighted by Crippen LogP contribution is -2.41. The molecule has 0 spiro atoms. The fraction of sp³-hybridized carbons (Fsp3) is 0.174. The summed E-state index contributed by atoms with van der Waals surface area (Å²) in [6.07, 6.45) is 1.42. The van der Waals surface area contributed by atoms with E-state index < -0.39 is 0 Å². The van der Waals surface area contributed by atoms with Crippen molar-refractivity contribution in [1.29, 1.82) is 0 Å². The highest BCUT2D eigenvalue weighted by atomic mass is 79.9. The smallest absolute Gasteiger partial charge is 0.258 e. The molecule has 274 valence electrons. The molecule has 6 nitrogen and oxygen atoms in total. The molecule has 0 saturated carbocycles. The van der Waals surface area contributed by atoms with Gasteiger partial charge in [0.25, 0.3) is 11.8 Å². The lowest BCUT2D eigenvalue weighted by Gasteiger charge is -2.29. The van der Waals surface area contributed by atoms with Gasteiger partial charge in [-0.3, -0.25) is 9.59 Å². The average Bonchev–Trinajstić information content (AvgIpc) is 3.21. The van der Waals surface area contributed by atoms with Crippen LogP contribution in [0.1, 0.15) is 43.0 Å². The molecule has 0 aliphatic carbocycles. The minimum atomic E-state index is -0.186. The predicted octanol–water partition coefficient (Wildman–Crippen LogP) is 10.4. The number of rotatable bonds is 17. The van der Waals surface area contributed by atoms with Gasteiger partial charge in [-0.1, -0.05) is 153 Å². The number of amides is 2. The van der Waals surface area contributed by atoms with E-state index >= 15 is 0 Å². The molecule has 6 aromatic rings. The van der Waals surface area contributed by atoms with Crippen molar-refractivity contribution in [3.63, 3.8) is 0 Å². The first-order chi connectivity index (χ1) is 26.4. The quantitative estimate of drug-likeness (QED) is 0.0918. The van der Waals surface area contributed by atoms with Crippen molar-refractivity contribution in [3.05, 3.63) is 200 Å². The maximum absolute atomic E-state index is 14.6. The molecule has 0 radical (unpaired) electrons. The Morgan fingerprint density at radius 2 is 0.778 bits per heavy atom. The van der Waals surface area contributed by atoms with Crippen molar-refractivity contribution in [2.75, 3.05) is 26.3 Å². The number of halogens is 2. The molecule has 0 unspecified atom stereocenters. The van der Waals surface area contributed by atoms with Crippen molar-refractivity contribution in [3.8, 4) is 11.5 Å². The molecule has 0 N–H and O–H groups in total. The third-order valence-electron chi connectivity index (χ3n) is 8.97. The molecule has 54 heavy (non-hydrogen) atoms. The van der Waals surface area contributed by atoms with E-state index in [4.69, 9.17) is 9.47 Å². The van der Waals surface area contributed by atoms with Crippen LogP contribution in [0.3, 0.4) is 0 Å². The van der Waals surface area contributed by atoms with Crippen LogP contribution in [-0.4, -0.2) is 47.9 Å². The Hall–Kier alpha value is -5.18. The van der Waals surface area contributed by atoms with E-state index in [1.165, 1.54) is 0 Å². The van der Waals surface area contributed by atoms with Gasteiger partial charge in [0.15, 0.2) is 0 Å². The van der Waals surface area contributed by atoms with Gasteiger partial charge < -0.3 is 19.3 Å². The van der Waals surface area contributed by atoms with E-state index in [1.54, 1.807) is 9.80 Å². The zero-order valence-electron chi connectivity index (χ0n) is 30.0. The third kappa shape index (κ3) is 11.2. The summed E-state index contributed by atoms with van der Waals surface area (Å²) < 4.78 is 14.1.